The highest BCUT2D eigenvalue weighted by Gasteiger charge is 2.41. The average Bonchev–Trinajstić information content (AvgIpc) is 2.54. The van der Waals surface area contributed by atoms with E-state index in [2.05, 4.69) is 56.1 Å². The van der Waals surface area contributed by atoms with Crippen molar-refractivity contribution in [1.29, 1.82) is 0 Å². The van der Waals surface area contributed by atoms with Gasteiger partial charge in [-0.15, -0.1) is 0 Å². The van der Waals surface area contributed by atoms with E-state index in [9.17, 15) is 4.79 Å². The number of benzene rings is 2. The summed E-state index contributed by atoms with van der Waals surface area (Å²) in [5.74, 6) is 0.158. The van der Waals surface area contributed by atoms with E-state index in [1.165, 1.54) is 0 Å². The Morgan fingerprint density at radius 3 is 2.39 bits per heavy atom. The number of carbonyl (C=O) groups is 1. The summed E-state index contributed by atoms with van der Waals surface area (Å²) < 4.78 is 2.00. The topological polar surface area (TPSA) is 17.1 Å². The normalized spacial score (nSPS) is 20.2. The van der Waals surface area contributed by atoms with E-state index >= 15 is 0 Å². The summed E-state index contributed by atoms with van der Waals surface area (Å²) in [6.07, 6.45) is 6.85. The number of allylic oxidation sites excluding steroid dienone is 4. The molecule has 3 rings (SSSR count). The van der Waals surface area contributed by atoms with Crippen molar-refractivity contribution in [2.45, 2.75) is 18.8 Å². The maximum Gasteiger partial charge on any atom is 0.145 e. The summed E-state index contributed by atoms with van der Waals surface area (Å²) in [7, 11) is 0. The van der Waals surface area contributed by atoms with Crippen LogP contribution in [0.1, 0.15) is 24.5 Å². The molecule has 0 aromatic heterocycles. The summed E-state index contributed by atoms with van der Waals surface area (Å²) in [5.41, 5.74) is 2.50. The van der Waals surface area contributed by atoms with Crippen LogP contribution in [0.25, 0.3) is 5.57 Å². The van der Waals surface area contributed by atoms with Crippen LogP contribution in [-0.2, 0) is 10.2 Å². The fourth-order valence-corrected chi connectivity index (χ4v) is 4.02. The average molecular weight is 432 g/mol. The first-order chi connectivity index (χ1) is 11.0. The molecule has 2 aromatic carbocycles. The third-order valence-corrected chi connectivity index (χ3v) is 5.32. The van der Waals surface area contributed by atoms with Gasteiger partial charge in [0, 0.05) is 8.95 Å². The van der Waals surface area contributed by atoms with Crippen molar-refractivity contribution < 1.29 is 4.79 Å². The molecule has 1 unspecified atom stereocenters. The zero-order chi connectivity index (χ0) is 16.4. The van der Waals surface area contributed by atoms with E-state index in [0.29, 0.717) is 6.42 Å². The molecule has 0 saturated heterocycles. The lowest BCUT2D eigenvalue weighted by Gasteiger charge is -2.36. The van der Waals surface area contributed by atoms with Gasteiger partial charge < -0.3 is 0 Å². The van der Waals surface area contributed by atoms with Gasteiger partial charge in [-0.2, -0.15) is 0 Å². The molecule has 0 saturated carbocycles. The fraction of sp³-hybridized carbons (Fsp3) is 0.150. The molecule has 0 fully saturated rings. The van der Waals surface area contributed by atoms with Crippen LogP contribution in [0, 0.1) is 0 Å². The molecule has 0 heterocycles. The second-order valence-electron chi connectivity index (χ2n) is 5.69. The predicted octanol–water partition coefficient (Wildman–Crippen LogP) is 6.08. The van der Waals surface area contributed by atoms with Crippen LogP contribution < -0.4 is 0 Å². The van der Waals surface area contributed by atoms with Crippen LogP contribution in [-0.4, -0.2) is 5.78 Å². The van der Waals surface area contributed by atoms with Crippen LogP contribution >= 0.6 is 31.9 Å². The first-order valence-electron chi connectivity index (χ1n) is 7.44. The van der Waals surface area contributed by atoms with Crippen molar-refractivity contribution in [2.24, 2.45) is 0 Å². The van der Waals surface area contributed by atoms with Gasteiger partial charge in [0.1, 0.15) is 5.78 Å². The molecular formula is C20H16Br2O. The molecule has 0 spiro atoms. The lowest BCUT2D eigenvalue weighted by Crippen LogP contribution is -2.36. The molecule has 1 aliphatic rings. The molecule has 1 aliphatic carbocycles. The number of ketones is 1. The van der Waals surface area contributed by atoms with E-state index in [4.69, 9.17) is 0 Å². The van der Waals surface area contributed by atoms with Crippen LogP contribution in [0.2, 0.25) is 0 Å². The predicted molar refractivity (Wildman–Crippen MR) is 102 cm³/mol. The van der Waals surface area contributed by atoms with E-state index < -0.39 is 5.41 Å². The molecule has 1 nitrogen and oxygen atoms in total. The van der Waals surface area contributed by atoms with Gasteiger partial charge >= 0.3 is 0 Å². The van der Waals surface area contributed by atoms with Crippen LogP contribution in [0.4, 0.5) is 0 Å². The second-order valence-corrected chi connectivity index (χ2v) is 7.53. The number of hydrogen-bond acceptors (Lipinski definition) is 1. The van der Waals surface area contributed by atoms with Gasteiger partial charge in [-0.3, -0.25) is 4.79 Å². The minimum Gasteiger partial charge on any atom is -0.299 e. The van der Waals surface area contributed by atoms with E-state index in [-0.39, 0.29) is 5.78 Å². The maximum absolute atomic E-state index is 12.8. The number of carbonyl (C=O) groups excluding carboxylic acids is 1. The number of rotatable bonds is 3. The van der Waals surface area contributed by atoms with Gasteiger partial charge in [0.2, 0.25) is 0 Å². The van der Waals surface area contributed by atoms with Gasteiger partial charge in [-0.25, -0.2) is 0 Å². The van der Waals surface area contributed by atoms with E-state index in [1.54, 1.807) is 6.92 Å². The third-order valence-electron chi connectivity index (χ3n) is 4.34. The quantitative estimate of drug-likeness (QED) is 0.575. The Morgan fingerprint density at radius 1 is 1.04 bits per heavy atom. The van der Waals surface area contributed by atoms with Crippen molar-refractivity contribution in [3.63, 3.8) is 0 Å². The maximum atomic E-state index is 12.8. The van der Waals surface area contributed by atoms with E-state index in [1.807, 2.05) is 42.5 Å². The van der Waals surface area contributed by atoms with Crippen LogP contribution in [0.15, 0.2) is 75.7 Å². The minimum atomic E-state index is -0.640. The third kappa shape index (κ3) is 3.00. The smallest absolute Gasteiger partial charge is 0.145 e. The Balaban J connectivity index is 2.24. The molecular weight excluding hydrogens is 416 g/mol. The fourth-order valence-electron chi connectivity index (χ4n) is 3.22. The second kappa shape index (κ2) is 6.58. The summed E-state index contributed by atoms with van der Waals surface area (Å²) in [4.78, 5) is 12.8. The number of halogens is 2. The van der Waals surface area contributed by atoms with Crippen molar-refractivity contribution in [3.05, 3.63) is 86.8 Å². The lowest BCUT2D eigenvalue weighted by atomic mass is 9.65. The Bertz CT molecular complexity index is 820. The molecule has 0 bridgehead atoms. The molecule has 0 radical (unpaired) electrons. The van der Waals surface area contributed by atoms with Gasteiger partial charge in [-0.05, 0) is 54.3 Å². The molecule has 0 amide bonds. The highest BCUT2D eigenvalue weighted by molar-refractivity contribution is 9.10. The highest BCUT2D eigenvalue weighted by atomic mass is 79.9. The first kappa shape index (κ1) is 16.4. The monoisotopic (exact) mass is 430 g/mol. The van der Waals surface area contributed by atoms with Crippen LogP contribution in [0.5, 0.6) is 0 Å². The zero-order valence-electron chi connectivity index (χ0n) is 12.7. The molecule has 1 atom stereocenters. The first-order valence-corrected chi connectivity index (χ1v) is 9.03. The molecule has 0 N–H and O–H groups in total. The summed E-state index contributed by atoms with van der Waals surface area (Å²) in [5, 5.41) is 0. The molecule has 2 aromatic rings. The van der Waals surface area contributed by atoms with Gasteiger partial charge in [0.15, 0.2) is 0 Å². The molecule has 0 aliphatic heterocycles. The van der Waals surface area contributed by atoms with Gasteiger partial charge in [0.25, 0.3) is 0 Å². The van der Waals surface area contributed by atoms with Crippen molar-refractivity contribution >= 4 is 43.2 Å². The molecule has 3 heteroatoms. The minimum absolute atomic E-state index is 0.158. The summed E-state index contributed by atoms with van der Waals surface area (Å²) >= 11 is 7.07. The van der Waals surface area contributed by atoms with Gasteiger partial charge in [-0.1, -0.05) is 74.4 Å². The van der Waals surface area contributed by atoms with Crippen LogP contribution in [0.3, 0.4) is 0 Å². The van der Waals surface area contributed by atoms with Crippen molar-refractivity contribution in [2.75, 3.05) is 0 Å². The highest BCUT2D eigenvalue weighted by Crippen LogP contribution is 2.45. The van der Waals surface area contributed by atoms with E-state index in [0.717, 1.165) is 25.6 Å². The zero-order valence-corrected chi connectivity index (χ0v) is 15.9. The Morgan fingerprint density at radius 2 is 1.74 bits per heavy atom. The molecule has 23 heavy (non-hydrogen) atoms. The van der Waals surface area contributed by atoms with Crippen molar-refractivity contribution in [1.82, 2.24) is 0 Å². The SMILES string of the molecule is CC(=O)C1(c2cccc(Br)c2)CC=CC=C1c1cccc(Br)c1. The number of Topliss-reactive ketones (excluding diaryl/α,β-unsaturated/α-hetero) is 1. The lowest BCUT2D eigenvalue weighted by molar-refractivity contribution is -0.120. The summed E-state index contributed by atoms with van der Waals surface area (Å²) in [6.45, 7) is 1.69. The summed E-state index contributed by atoms with van der Waals surface area (Å²) in [6, 6.07) is 16.2. The standard InChI is InChI=1S/C20H16Br2O/c1-14(23)20(16-7-5-9-18(22)13-16)11-3-2-10-19(20)15-6-4-8-17(21)12-15/h2-10,12-13H,11H2,1H3. The Labute approximate surface area is 153 Å². The Kier molecular flexibility index (Phi) is 4.69. The largest absolute Gasteiger partial charge is 0.299 e. The number of hydrogen-bond donors (Lipinski definition) is 0. The van der Waals surface area contributed by atoms with Gasteiger partial charge in [0.05, 0.1) is 5.41 Å². The Hall–Kier alpha value is -1.45. The van der Waals surface area contributed by atoms with Crippen molar-refractivity contribution in [3.8, 4) is 0 Å². The molecule has 116 valence electrons.